The summed E-state index contributed by atoms with van der Waals surface area (Å²) in [5.74, 6) is 0.223. The van der Waals surface area contributed by atoms with Gasteiger partial charge >= 0.3 is 6.18 Å². The van der Waals surface area contributed by atoms with Crippen LogP contribution in [0.1, 0.15) is 36.8 Å². The fraction of sp³-hybridized carbons (Fsp3) is 0.353. The van der Waals surface area contributed by atoms with Crippen LogP contribution in [-0.4, -0.2) is 29.1 Å². The van der Waals surface area contributed by atoms with E-state index < -0.39 is 21.6 Å². The predicted molar refractivity (Wildman–Crippen MR) is 95.3 cm³/mol. The Balaban J connectivity index is 1.87. The number of sulfone groups is 1. The Morgan fingerprint density at radius 2 is 1.93 bits per heavy atom. The number of fused-ring (bicyclic) bond motifs is 1. The van der Waals surface area contributed by atoms with Crippen molar-refractivity contribution in [3.05, 3.63) is 35.7 Å². The first-order valence-electron chi connectivity index (χ1n) is 8.26. The molecule has 1 aliphatic carbocycles. The van der Waals surface area contributed by atoms with E-state index in [2.05, 4.69) is 15.0 Å². The summed E-state index contributed by atoms with van der Waals surface area (Å²) < 4.78 is 63.8. The molecule has 10 heteroatoms. The van der Waals surface area contributed by atoms with E-state index in [-0.39, 0.29) is 26.9 Å². The Hall–Kier alpha value is -2.07. The summed E-state index contributed by atoms with van der Waals surface area (Å²) in [6.45, 7) is 1.54. The number of nitrogens with zero attached hydrogens (tertiary/aromatic N) is 3. The second-order valence-corrected chi connectivity index (χ2v) is 9.58. The maximum absolute atomic E-state index is 12.9. The summed E-state index contributed by atoms with van der Waals surface area (Å²) in [5.41, 5.74) is 0.199. The van der Waals surface area contributed by atoms with E-state index in [1.807, 2.05) is 0 Å². The minimum atomic E-state index is -4.52. The zero-order valence-electron chi connectivity index (χ0n) is 14.1. The minimum Gasteiger partial charge on any atom is -0.252 e. The van der Waals surface area contributed by atoms with Crippen molar-refractivity contribution in [1.82, 2.24) is 15.0 Å². The number of pyridine rings is 2. The highest BCUT2D eigenvalue weighted by molar-refractivity contribution is 7.91. The van der Waals surface area contributed by atoms with Gasteiger partial charge in [0.2, 0.25) is 0 Å². The van der Waals surface area contributed by atoms with Gasteiger partial charge in [-0.3, -0.25) is 4.98 Å². The first kappa shape index (κ1) is 18.3. The van der Waals surface area contributed by atoms with Crippen LogP contribution in [0.2, 0.25) is 0 Å². The lowest BCUT2D eigenvalue weighted by molar-refractivity contribution is -0.137. The zero-order valence-corrected chi connectivity index (χ0v) is 15.7. The van der Waals surface area contributed by atoms with E-state index in [0.717, 1.165) is 42.0 Å². The smallest absolute Gasteiger partial charge is 0.252 e. The van der Waals surface area contributed by atoms with Gasteiger partial charge in [-0.05, 0) is 36.5 Å². The van der Waals surface area contributed by atoms with E-state index in [1.165, 1.54) is 0 Å². The molecule has 1 fully saturated rings. The summed E-state index contributed by atoms with van der Waals surface area (Å²) in [5, 5.41) is 0.242. The molecule has 0 radical (unpaired) electrons. The van der Waals surface area contributed by atoms with E-state index in [4.69, 9.17) is 0 Å². The zero-order chi connectivity index (χ0) is 19.4. The molecule has 4 rings (SSSR count). The van der Waals surface area contributed by atoms with Crippen molar-refractivity contribution in [1.29, 1.82) is 0 Å². The molecule has 0 atom stereocenters. The maximum Gasteiger partial charge on any atom is 0.417 e. The number of thiazole rings is 1. The summed E-state index contributed by atoms with van der Waals surface area (Å²) in [6, 6.07) is 2.54. The Bertz CT molecular complexity index is 1140. The van der Waals surface area contributed by atoms with E-state index in [0.29, 0.717) is 10.7 Å². The molecule has 142 valence electrons. The van der Waals surface area contributed by atoms with Gasteiger partial charge in [0.25, 0.3) is 0 Å². The highest BCUT2D eigenvalue weighted by Gasteiger charge is 2.32. The minimum absolute atomic E-state index is 0.0674. The van der Waals surface area contributed by atoms with Gasteiger partial charge < -0.3 is 0 Å². The SMILES string of the molecule is CCS(=O)(=O)c1cc(C2CC2)cnc1-c1nc2cc(C(F)(F)F)cnc2s1. The van der Waals surface area contributed by atoms with Crippen molar-refractivity contribution in [3.63, 3.8) is 0 Å². The van der Waals surface area contributed by atoms with E-state index in [9.17, 15) is 21.6 Å². The molecule has 0 aliphatic heterocycles. The molecular weight excluding hydrogens is 399 g/mol. The largest absolute Gasteiger partial charge is 0.417 e. The van der Waals surface area contributed by atoms with Crippen LogP contribution in [0.5, 0.6) is 0 Å². The molecule has 0 unspecified atom stereocenters. The lowest BCUT2D eigenvalue weighted by atomic mass is 10.2. The van der Waals surface area contributed by atoms with E-state index >= 15 is 0 Å². The van der Waals surface area contributed by atoms with E-state index in [1.54, 1.807) is 19.2 Å². The van der Waals surface area contributed by atoms with Crippen LogP contribution in [-0.2, 0) is 16.0 Å². The standard InChI is InChI=1S/C17H14F3N3O2S2/c1-2-27(24,25)13-5-10(9-3-4-9)7-21-14(13)16-23-12-6-11(17(18,19)20)8-22-15(12)26-16/h5-9H,2-4H2,1H3. The normalized spacial score (nSPS) is 15.4. The van der Waals surface area contributed by atoms with Crippen LogP contribution < -0.4 is 0 Å². The van der Waals surface area contributed by atoms with Crippen molar-refractivity contribution in [2.45, 2.75) is 36.8 Å². The quantitative estimate of drug-likeness (QED) is 0.632. The fourth-order valence-corrected chi connectivity index (χ4v) is 4.77. The van der Waals surface area contributed by atoms with Crippen LogP contribution >= 0.6 is 11.3 Å². The van der Waals surface area contributed by atoms with Gasteiger partial charge in [-0.2, -0.15) is 13.2 Å². The molecule has 5 nitrogen and oxygen atoms in total. The average molecular weight is 413 g/mol. The van der Waals surface area contributed by atoms with Gasteiger partial charge in [-0.1, -0.05) is 18.3 Å². The fourth-order valence-electron chi connectivity index (χ4n) is 2.73. The highest BCUT2D eigenvalue weighted by atomic mass is 32.2. The van der Waals surface area contributed by atoms with Crippen LogP contribution in [0.15, 0.2) is 29.4 Å². The van der Waals surface area contributed by atoms with Crippen molar-refractivity contribution >= 4 is 31.5 Å². The van der Waals surface area contributed by atoms with Crippen LogP contribution in [0, 0.1) is 0 Å². The Morgan fingerprint density at radius 1 is 1.19 bits per heavy atom. The summed E-state index contributed by atoms with van der Waals surface area (Å²) in [7, 11) is -3.57. The topological polar surface area (TPSA) is 72.8 Å². The molecule has 0 aromatic carbocycles. The third kappa shape index (κ3) is 3.43. The summed E-state index contributed by atoms with van der Waals surface area (Å²) >= 11 is 1.02. The van der Waals surface area contributed by atoms with Crippen molar-refractivity contribution < 1.29 is 21.6 Å². The lowest BCUT2D eigenvalue weighted by Gasteiger charge is -2.08. The number of rotatable bonds is 4. The Kier molecular flexibility index (Phi) is 4.22. The molecular formula is C17H14F3N3O2S2. The molecule has 3 aromatic heterocycles. The molecule has 0 saturated heterocycles. The number of alkyl halides is 3. The lowest BCUT2D eigenvalue weighted by Crippen LogP contribution is -2.07. The third-order valence-corrected chi connectivity index (χ3v) is 7.14. The molecule has 27 heavy (non-hydrogen) atoms. The second-order valence-electron chi connectivity index (χ2n) is 6.36. The monoisotopic (exact) mass is 413 g/mol. The molecule has 3 aromatic rings. The maximum atomic E-state index is 12.9. The van der Waals surface area contributed by atoms with Crippen LogP contribution in [0.4, 0.5) is 13.2 Å². The van der Waals surface area contributed by atoms with Crippen LogP contribution in [0.25, 0.3) is 21.0 Å². The number of hydrogen-bond acceptors (Lipinski definition) is 6. The molecule has 1 aliphatic rings. The number of aromatic nitrogens is 3. The van der Waals surface area contributed by atoms with Gasteiger partial charge in [0.15, 0.2) is 9.84 Å². The van der Waals surface area contributed by atoms with Crippen molar-refractivity contribution in [2.75, 3.05) is 5.75 Å². The Labute approximate surface area is 157 Å². The first-order chi connectivity index (χ1) is 12.7. The van der Waals surface area contributed by atoms with Crippen molar-refractivity contribution in [2.24, 2.45) is 0 Å². The van der Waals surface area contributed by atoms with Gasteiger partial charge in [-0.15, -0.1) is 0 Å². The molecule has 3 heterocycles. The van der Waals surface area contributed by atoms with Crippen molar-refractivity contribution in [3.8, 4) is 10.7 Å². The van der Waals surface area contributed by atoms with Gasteiger partial charge in [-0.25, -0.2) is 18.4 Å². The number of hydrogen-bond donors (Lipinski definition) is 0. The van der Waals surface area contributed by atoms with Gasteiger partial charge in [0.05, 0.1) is 16.2 Å². The third-order valence-electron chi connectivity index (χ3n) is 4.42. The molecule has 0 amide bonds. The van der Waals surface area contributed by atoms with Crippen LogP contribution in [0.3, 0.4) is 0 Å². The van der Waals surface area contributed by atoms with Gasteiger partial charge in [0.1, 0.15) is 21.0 Å². The first-order valence-corrected chi connectivity index (χ1v) is 10.7. The second kappa shape index (κ2) is 6.23. The summed E-state index contributed by atoms with van der Waals surface area (Å²) in [6.07, 6.45) is -0.151. The molecule has 0 N–H and O–H groups in total. The van der Waals surface area contributed by atoms with Gasteiger partial charge in [0, 0.05) is 12.4 Å². The Morgan fingerprint density at radius 3 is 2.56 bits per heavy atom. The number of halogens is 3. The molecule has 1 saturated carbocycles. The predicted octanol–water partition coefficient (Wildman–Crippen LogP) is 4.44. The highest BCUT2D eigenvalue weighted by Crippen LogP contribution is 2.42. The summed E-state index contributed by atoms with van der Waals surface area (Å²) in [4.78, 5) is 12.7. The molecule has 0 bridgehead atoms. The average Bonchev–Trinajstić information content (AvgIpc) is 3.38. The molecule has 0 spiro atoms.